The van der Waals surface area contributed by atoms with Gasteiger partial charge in [0.1, 0.15) is 5.78 Å². The molecule has 1 aliphatic heterocycles. The Morgan fingerprint density at radius 1 is 1.38 bits per heavy atom. The van der Waals surface area contributed by atoms with E-state index >= 15 is 0 Å². The van der Waals surface area contributed by atoms with Crippen molar-refractivity contribution in [1.82, 2.24) is 4.90 Å². The Kier molecular flexibility index (Phi) is 3.68. The Labute approximate surface area is 99.4 Å². The average molecular weight is 223 g/mol. The van der Waals surface area contributed by atoms with Gasteiger partial charge in [0.25, 0.3) is 0 Å². The van der Waals surface area contributed by atoms with Gasteiger partial charge in [-0.15, -0.1) is 0 Å². The molecule has 2 nitrogen and oxygen atoms in total. The summed E-state index contributed by atoms with van der Waals surface area (Å²) < 4.78 is 0. The lowest BCUT2D eigenvalue weighted by molar-refractivity contribution is -0.129. The maximum atomic E-state index is 11.2. The van der Waals surface area contributed by atoms with E-state index in [9.17, 15) is 4.79 Å². The standard InChI is InChI=1S/C14H25NO/c1-3-14(2)7-10-15(11-8-14)9-6-12-4-5-13(12)16/h12H,3-11H2,1-2H3. The van der Waals surface area contributed by atoms with E-state index in [0.29, 0.717) is 17.1 Å². The maximum absolute atomic E-state index is 11.2. The number of likely N-dealkylation sites (tertiary alicyclic amines) is 1. The van der Waals surface area contributed by atoms with Crippen molar-refractivity contribution in [3.05, 3.63) is 0 Å². The summed E-state index contributed by atoms with van der Waals surface area (Å²) in [5.41, 5.74) is 0.586. The second-order valence-electron chi connectivity index (χ2n) is 6.00. The van der Waals surface area contributed by atoms with E-state index < -0.39 is 0 Å². The minimum atomic E-state index is 0.416. The van der Waals surface area contributed by atoms with Gasteiger partial charge in [0.2, 0.25) is 0 Å². The predicted octanol–water partition coefficient (Wildman–Crippen LogP) is 2.87. The topological polar surface area (TPSA) is 20.3 Å². The molecule has 2 fully saturated rings. The van der Waals surface area contributed by atoms with Crippen molar-refractivity contribution in [3.63, 3.8) is 0 Å². The van der Waals surface area contributed by atoms with E-state index in [1.165, 1.54) is 32.4 Å². The molecule has 1 saturated carbocycles. The van der Waals surface area contributed by atoms with Crippen LogP contribution in [-0.4, -0.2) is 30.3 Å². The van der Waals surface area contributed by atoms with E-state index in [-0.39, 0.29) is 0 Å². The molecule has 0 spiro atoms. The highest BCUT2D eigenvalue weighted by atomic mass is 16.1. The van der Waals surface area contributed by atoms with Crippen LogP contribution in [-0.2, 0) is 4.79 Å². The van der Waals surface area contributed by atoms with Gasteiger partial charge < -0.3 is 4.90 Å². The van der Waals surface area contributed by atoms with Gasteiger partial charge in [0.05, 0.1) is 0 Å². The lowest BCUT2D eigenvalue weighted by Crippen LogP contribution is -2.40. The van der Waals surface area contributed by atoms with Gasteiger partial charge in [0.15, 0.2) is 0 Å². The molecule has 0 aromatic heterocycles. The molecule has 0 aromatic rings. The number of rotatable bonds is 4. The van der Waals surface area contributed by atoms with Gasteiger partial charge in [-0.3, -0.25) is 4.79 Å². The summed E-state index contributed by atoms with van der Waals surface area (Å²) in [5, 5.41) is 0. The monoisotopic (exact) mass is 223 g/mol. The van der Waals surface area contributed by atoms with Crippen LogP contribution in [0.1, 0.15) is 52.4 Å². The van der Waals surface area contributed by atoms with Gasteiger partial charge >= 0.3 is 0 Å². The second-order valence-corrected chi connectivity index (χ2v) is 6.00. The Hall–Kier alpha value is -0.370. The average Bonchev–Trinajstić information content (AvgIpc) is 2.30. The smallest absolute Gasteiger partial charge is 0.136 e. The molecule has 1 atom stereocenters. The molecule has 2 heteroatoms. The largest absolute Gasteiger partial charge is 0.303 e. The van der Waals surface area contributed by atoms with Crippen LogP contribution >= 0.6 is 0 Å². The maximum Gasteiger partial charge on any atom is 0.136 e. The van der Waals surface area contributed by atoms with Gasteiger partial charge in [-0.2, -0.15) is 0 Å². The van der Waals surface area contributed by atoms with Crippen molar-refractivity contribution < 1.29 is 4.79 Å². The fraction of sp³-hybridized carbons (Fsp3) is 0.929. The lowest BCUT2D eigenvalue weighted by atomic mass is 9.77. The fourth-order valence-electron chi connectivity index (χ4n) is 2.78. The van der Waals surface area contributed by atoms with Crippen molar-refractivity contribution >= 4 is 5.78 Å². The number of hydrogen-bond acceptors (Lipinski definition) is 2. The van der Waals surface area contributed by atoms with Gasteiger partial charge in [0, 0.05) is 12.3 Å². The fourth-order valence-corrected chi connectivity index (χ4v) is 2.78. The number of hydrogen-bond donors (Lipinski definition) is 0. The van der Waals surface area contributed by atoms with Crippen molar-refractivity contribution in [2.24, 2.45) is 11.3 Å². The quantitative estimate of drug-likeness (QED) is 0.730. The van der Waals surface area contributed by atoms with Crippen molar-refractivity contribution in [1.29, 1.82) is 0 Å². The Morgan fingerprint density at radius 3 is 2.50 bits per heavy atom. The van der Waals surface area contributed by atoms with Gasteiger partial charge in [-0.05, 0) is 50.7 Å². The first kappa shape index (κ1) is 12.1. The number of piperidine rings is 1. The number of nitrogens with zero attached hydrogens (tertiary/aromatic N) is 1. The third-order valence-electron chi connectivity index (χ3n) is 4.91. The second kappa shape index (κ2) is 4.87. The molecular formula is C14H25NO. The molecule has 1 saturated heterocycles. The third kappa shape index (κ3) is 2.65. The van der Waals surface area contributed by atoms with Crippen LogP contribution in [0.2, 0.25) is 0 Å². The highest BCUT2D eigenvalue weighted by Crippen LogP contribution is 2.34. The first-order chi connectivity index (χ1) is 7.63. The lowest BCUT2D eigenvalue weighted by Gasteiger charge is -2.39. The van der Waals surface area contributed by atoms with Crippen LogP contribution in [0.15, 0.2) is 0 Å². The summed E-state index contributed by atoms with van der Waals surface area (Å²) in [6, 6.07) is 0. The highest BCUT2D eigenvalue weighted by molar-refractivity contribution is 5.86. The van der Waals surface area contributed by atoms with Crippen molar-refractivity contribution in [3.8, 4) is 0 Å². The van der Waals surface area contributed by atoms with Crippen molar-refractivity contribution in [2.45, 2.75) is 52.4 Å². The number of carbonyl (C=O) groups is 1. The van der Waals surface area contributed by atoms with Crippen LogP contribution in [0.25, 0.3) is 0 Å². The van der Waals surface area contributed by atoms with E-state index in [4.69, 9.17) is 0 Å². The predicted molar refractivity (Wildman–Crippen MR) is 66.4 cm³/mol. The number of Topliss-reactive ketones (excluding diaryl/α,β-unsaturated/α-hetero) is 1. The molecule has 2 rings (SSSR count). The Bertz CT molecular complexity index is 253. The molecule has 0 N–H and O–H groups in total. The highest BCUT2D eigenvalue weighted by Gasteiger charge is 2.31. The minimum Gasteiger partial charge on any atom is -0.303 e. The van der Waals surface area contributed by atoms with Gasteiger partial charge in [-0.1, -0.05) is 20.3 Å². The first-order valence-corrected chi connectivity index (χ1v) is 6.88. The van der Waals surface area contributed by atoms with Crippen LogP contribution in [0.4, 0.5) is 0 Å². The minimum absolute atomic E-state index is 0.416. The SMILES string of the molecule is CCC1(C)CCN(CCC2CCC2=O)CC1. The number of carbonyl (C=O) groups excluding carboxylic acids is 1. The van der Waals surface area contributed by atoms with E-state index in [1.807, 2.05) is 0 Å². The molecule has 1 heterocycles. The molecule has 1 unspecified atom stereocenters. The summed E-state index contributed by atoms with van der Waals surface area (Å²) in [6.45, 7) is 8.36. The summed E-state index contributed by atoms with van der Waals surface area (Å²) >= 11 is 0. The van der Waals surface area contributed by atoms with E-state index in [1.54, 1.807) is 0 Å². The van der Waals surface area contributed by atoms with Crippen LogP contribution in [0.3, 0.4) is 0 Å². The van der Waals surface area contributed by atoms with Crippen molar-refractivity contribution in [2.75, 3.05) is 19.6 Å². The normalized spacial score (nSPS) is 30.1. The van der Waals surface area contributed by atoms with Gasteiger partial charge in [-0.25, -0.2) is 0 Å². The molecule has 16 heavy (non-hydrogen) atoms. The van der Waals surface area contributed by atoms with E-state index in [0.717, 1.165) is 25.8 Å². The molecule has 1 aliphatic carbocycles. The molecule has 0 radical (unpaired) electrons. The molecule has 0 amide bonds. The zero-order chi connectivity index (χ0) is 11.6. The van der Waals surface area contributed by atoms with E-state index in [2.05, 4.69) is 18.7 Å². The zero-order valence-corrected chi connectivity index (χ0v) is 10.8. The van der Waals surface area contributed by atoms with Crippen LogP contribution < -0.4 is 0 Å². The molecule has 92 valence electrons. The Balaban J connectivity index is 1.67. The zero-order valence-electron chi connectivity index (χ0n) is 10.8. The van der Waals surface area contributed by atoms with Crippen LogP contribution in [0, 0.1) is 11.3 Å². The number of ketones is 1. The summed E-state index contributed by atoms with van der Waals surface area (Å²) in [4.78, 5) is 13.8. The molecule has 2 aliphatic rings. The molecule has 0 bridgehead atoms. The molecule has 0 aromatic carbocycles. The van der Waals surface area contributed by atoms with Crippen LogP contribution in [0.5, 0.6) is 0 Å². The third-order valence-corrected chi connectivity index (χ3v) is 4.91. The first-order valence-electron chi connectivity index (χ1n) is 6.88. The summed E-state index contributed by atoms with van der Waals surface area (Å²) in [6.07, 6.45) is 7.09. The summed E-state index contributed by atoms with van der Waals surface area (Å²) in [7, 11) is 0. The summed E-state index contributed by atoms with van der Waals surface area (Å²) in [5.74, 6) is 0.926. The molecular weight excluding hydrogens is 198 g/mol. The Morgan fingerprint density at radius 2 is 2.06 bits per heavy atom.